The number of carboxylic acids is 2. The third kappa shape index (κ3) is 10.9. The molecule has 0 spiro atoms. The Morgan fingerprint density at radius 2 is 1.19 bits per heavy atom. The molecule has 0 rings (SSSR count). The van der Waals surface area contributed by atoms with Gasteiger partial charge in [-0.2, -0.15) is 0 Å². The van der Waals surface area contributed by atoms with Gasteiger partial charge in [-0.3, -0.25) is 9.59 Å². The molecule has 184 valence electrons. The Bertz CT molecular complexity index is 464. The zero-order valence-corrected chi connectivity index (χ0v) is 21.3. The number of rotatable bonds is 21. The first-order valence-electron chi connectivity index (χ1n) is 13.2. The van der Waals surface area contributed by atoms with E-state index in [1.165, 1.54) is 25.7 Å². The summed E-state index contributed by atoms with van der Waals surface area (Å²) in [6, 6.07) is 0. The summed E-state index contributed by atoms with van der Waals surface area (Å²) >= 11 is 0. The maximum absolute atomic E-state index is 12.5. The molecule has 0 aromatic heterocycles. The van der Waals surface area contributed by atoms with Gasteiger partial charge < -0.3 is 10.2 Å². The molecule has 0 aromatic carbocycles. The number of unbranched alkanes of at least 4 members (excludes halogenated alkanes) is 9. The predicted molar refractivity (Wildman–Crippen MR) is 130 cm³/mol. The van der Waals surface area contributed by atoms with Crippen LogP contribution in [0.2, 0.25) is 0 Å². The largest absolute Gasteiger partial charge is 0.481 e. The van der Waals surface area contributed by atoms with Gasteiger partial charge >= 0.3 is 11.9 Å². The Labute approximate surface area is 192 Å². The second-order valence-corrected chi connectivity index (χ2v) is 9.84. The molecule has 31 heavy (non-hydrogen) atoms. The van der Waals surface area contributed by atoms with Crippen molar-refractivity contribution in [3.05, 3.63) is 0 Å². The molecular weight excluding hydrogens is 388 g/mol. The zero-order chi connectivity index (χ0) is 23.7. The molecule has 0 saturated carbocycles. The second-order valence-electron chi connectivity index (χ2n) is 9.84. The van der Waals surface area contributed by atoms with Crippen LogP contribution in [-0.2, 0) is 9.59 Å². The predicted octanol–water partition coefficient (Wildman–Crippen LogP) is 8.33. The van der Waals surface area contributed by atoms with Gasteiger partial charge in [0.2, 0.25) is 0 Å². The van der Waals surface area contributed by atoms with Crippen molar-refractivity contribution in [2.75, 3.05) is 0 Å². The molecule has 0 radical (unpaired) electrons. The van der Waals surface area contributed by atoms with Crippen molar-refractivity contribution >= 4 is 11.9 Å². The number of carboxylic acid groups (broad SMARTS) is 2. The van der Waals surface area contributed by atoms with Crippen LogP contribution in [0.25, 0.3) is 0 Å². The van der Waals surface area contributed by atoms with Crippen LogP contribution in [0.1, 0.15) is 137 Å². The first-order valence-corrected chi connectivity index (χ1v) is 13.2. The topological polar surface area (TPSA) is 74.6 Å². The van der Waals surface area contributed by atoms with Crippen LogP contribution in [-0.4, -0.2) is 22.2 Å². The summed E-state index contributed by atoms with van der Waals surface area (Å²) in [7, 11) is 0. The molecule has 0 bridgehead atoms. The SMILES string of the molecule is CCCCCCCC(C(C)CC)(C(C)CC)C(CCCCCCCCC(=O)O)C(=O)O. The van der Waals surface area contributed by atoms with Crippen LogP contribution in [0.4, 0.5) is 0 Å². The van der Waals surface area contributed by atoms with Crippen molar-refractivity contribution in [3.8, 4) is 0 Å². The maximum atomic E-state index is 12.5. The van der Waals surface area contributed by atoms with Gasteiger partial charge in [0.25, 0.3) is 0 Å². The molecule has 2 N–H and O–H groups in total. The van der Waals surface area contributed by atoms with Crippen molar-refractivity contribution in [1.29, 1.82) is 0 Å². The molecular formula is C27H52O4. The van der Waals surface area contributed by atoms with E-state index in [-0.39, 0.29) is 17.8 Å². The fourth-order valence-corrected chi connectivity index (χ4v) is 5.59. The molecule has 0 aliphatic carbocycles. The normalized spacial score (nSPS) is 16.4. The number of aliphatic carboxylic acids is 2. The number of carbonyl (C=O) groups is 2. The van der Waals surface area contributed by atoms with Gasteiger partial charge in [0.15, 0.2) is 0 Å². The van der Waals surface area contributed by atoms with Crippen molar-refractivity contribution in [3.63, 3.8) is 0 Å². The minimum absolute atomic E-state index is 0.122. The van der Waals surface area contributed by atoms with Crippen LogP contribution in [0, 0.1) is 23.2 Å². The molecule has 0 fully saturated rings. The van der Waals surface area contributed by atoms with E-state index < -0.39 is 11.9 Å². The highest BCUT2D eigenvalue weighted by Gasteiger charge is 2.48. The van der Waals surface area contributed by atoms with Gasteiger partial charge in [-0.1, -0.05) is 112 Å². The van der Waals surface area contributed by atoms with E-state index in [1.807, 2.05) is 0 Å². The van der Waals surface area contributed by atoms with Gasteiger partial charge in [-0.05, 0) is 36.5 Å². The summed E-state index contributed by atoms with van der Waals surface area (Å²) in [4.78, 5) is 23.1. The van der Waals surface area contributed by atoms with Crippen molar-refractivity contribution < 1.29 is 19.8 Å². The minimum Gasteiger partial charge on any atom is -0.481 e. The van der Waals surface area contributed by atoms with Crippen LogP contribution in [0.3, 0.4) is 0 Å². The van der Waals surface area contributed by atoms with Crippen molar-refractivity contribution in [2.24, 2.45) is 23.2 Å². The van der Waals surface area contributed by atoms with E-state index in [1.54, 1.807) is 0 Å². The van der Waals surface area contributed by atoms with Crippen LogP contribution >= 0.6 is 0 Å². The lowest BCUT2D eigenvalue weighted by Gasteiger charge is -2.48. The summed E-state index contributed by atoms with van der Waals surface area (Å²) in [5, 5.41) is 19.0. The monoisotopic (exact) mass is 440 g/mol. The lowest BCUT2D eigenvalue weighted by molar-refractivity contribution is -0.153. The van der Waals surface area contributed by atoms with E-state index >= 15 is 0 Å². The van der Waals surface area contributed by atoms with E-state index in [4.69, 9.17) is 5.11 Å². The number of hydrogen-bond donors (Lipinski definition) is 2. The maximum Gasteiger partial charge on any atom is 0.307 e. The molecule has 3 unspecified atom stereocenters. The number of hydrogen-bond acceptors (Lipinski definition) is 2. The lowest BCUT2D eigenvalue weighted by Crippen LogP contribution is -2.46. The van der Waals surface area contributed by atoms with E-state index in [2.05, 4.69) is 34.6 Å². The smallest absolute Gasteiger partial charge is 0.307 e. The highest BCUT2D eigenvalue weighted by molar-refractivity contribution is 5.71. The minimum atomic E-state index is -0.717. The summed E-state index contributed by atoms with van der Waals surface area (Å²) in [5.74, 6) is -0.770. The van der Waals surface area contributed by atoms with Crippen molar-refractivity contribution in [2.45, 2.75) is 137 Å². The Morgan fingerprint density at radius 3 is 1.68 bits per heavy atom. The molecule has 0 aliphatic heterocycles. The van der Waals surface area contributed by atoms with Gasteiger partial charge in [-0.15, -0.1) is 0 Å². The summed E-state index contributed by atoms with van der Waals surface area (Å²) in [6.07, 6.45) is 16.1. The summed E-state index contributed by atoms with van der Waals surface area (Å²) < 4.78 is 0. The first-order chi connectivity index (χ1) is 14.8. The fraction of sp³-hybridized carbons (Fsp3) is 0.926. The Kier molecular flexibility index (Phi) is 16.9. The fourth-order valence-electron chi connectivity index (χ4n) is 5.59. The third-order valence-electron chi connectivity index (χ3n) is 7.85. The van der Waals surface area contributed by atoms with Gasteiger partial charge in [0.1, 0.15) is 0 Å². The lowest BCUT2D eigenvalue weighted by atomic mass is 9.55. The Morgan fingerprint density at radius 1 is 0.710 bits per heavy atom. The van der Waals surface area contributed by atoms with Crippen LogP contribution in [0.15, 0.2) is 0 Å². The van der Waals surface area contributed by atoms with Gasteiger partial charge in [0, 0.05) is 6.42 Å². The quantitative estimate of drug-likeness (QED) is 0.176. The van der Waals surface area contributed by atoms with Crippen LogP contribution in [0.5, 0.6) is 0 Å². The van der Waals surface area contributed by atoms with E-state index in [9.17, 15) is 14.7 Å². The van der Waals surface area contributed by atoms with E-state index in [0.29, 0.717) is 11.8 Å². The Balaban J connectivity index is 5.08. The molecule has 4 heteroatoms. The van der Waals surface area contributed by atoms with Gasteiger partial charge in [-0.25, -0.2) is 0 Å². The zero-order valence-electron chi connectivity index (χ0n) is 21.3. The highest BCUT2D eigenvalue weighted by atomic mass is 16.4. The third-order valence-corrected chi connectivity index (χ3v) is 7.85. The first kappa shape index (κ1) is 29.9. The van der Waals surface area contributed by atoms with Gasteiger partial charge in [0.05, 0.1) is 5.92 Å². The molecule has 0 aliphatic rings. The molecule has 0 amide bonds. The van der Waals surface area contributed by atoms with Crippen molar-refractivity contribution in [1.82, 2.24) is 0 Å². The second kappa shape index (κ2) is 17.5. The highest BCUT2D eigenvalue weighted by Crippen LogP contribution is 2.51. The molecule has 0 heterocycles. The molecule has 4 nitrogen and oxygen atoms in total. The Hall–Kier alpha value is -1.06. The average molecular weight is 441 g/mol. The summed E-state index contributed by atoms with van der Waals surface area (Å²) in [6.45, 7) is 11.2. The standard InChI is InChI=1S/C27H52O4/c1-6-9-10-15-18-21-27(22(4)7-2,23(5)8-3)24(26(30)31)19-16-13-11-12-14-17-20-25(28)29/h22-24H,6-21H2,1-5H3,(H,28,29)(H,30,31). The van der Waals surface area contributed by atoms with E-state index in [0.717, 1.165) is 70.6 Å². The average Bonchev–Trinajstić information content (AvgIpc) is 2.74. The van der Waals surface area contributed by atoms with Crippen LogP contribution < -0.4 is 0 Å². The molecule has 0 aromatic rings. The molecule has 0 saturated heterocycles. The molecule has 3 atom stereocenters. The summed E-state index contributed by atoms with van der Waals surface area (Å²) in [5.41, 5.74) is -0.122.